The molecule has 4 aliphatic rings. The molecule has 4 fully saturated rings. The molecule has 0 aliphatic heterocycles. The molecule has 2 N–H and O–H groups in total. The summed E-state index contributed by atoms with van der Waals surface area (Å²) < 4.78 is 0. The summed E-state index contributed by atoms with van der Waals surface area (Å²) in [5, 5.41) is 19.2. The number of hydrogen-bond acceptors (Lipinski definition) is 4. The highest BCUT2D eigenvalue weighted by Gasteiger charge is 2.60. The Morgan fingerprint density at radius 1 is 1.21 bits per heavy atom. The van der Waals surface area contributed by atoms with Crippen LogP contribution in [-0.2, 0) is 5.54 Å². The smallest absolute Gasteiger partial charge is 0.315 e. The lowest BCUT2D eigenvalue weighted by Crippen LogP contribution is -2.67. The molecule has 2 aromatic rings. The SMILES string of the molecule is CC[C@@H](NC(=O)NC12CC3CC(C1)CC(n1ncnn1)(C3)C2)c1ccccc1. The number of tetrazole rings is 1. The van der Waals surface area contributed by atoms with E-state index in [2.05, 4.69) is 45.1 Å². The van der Waals surface area contributed by atoms with Crippen molar-refractivity contribution in [3.8, 4) is 0 Å². The lowest BCUT2D eigenvalue weighted by molar-refractivity contribution is -0.0801. The fourth-order valence-electron chi connectivity index (χ4n) is 6.52. The van der Waals surface area contributed by atoms with Gasteiger partial charge in [-0.05, 0) is 67.6 Å². The van der Waals surface area contributed by atoms with Crippen molar-refractivity contribution in [2.24, 2.45) is 11.8 Å². The number of hydrogen-bond donors (Lipinski definition) is 2. The molecule has 1 aromatic carbocycles. The van der Waals surface area contributed by atoms with Crippen molar-refractivity contribution in [1.82, 2.24) is 30.8 Å². The van der Waals surface area contributed by atoms with Crippen LogP contribution in [0, 0.1) is 11.8 Å². The first kappa shape index (κ1) is 17.6. The van der Waals surface area contributed by atoms with Gasteiger partial charge in [-0.25, -0.2) is 4.79 Å². The van der Waals surface area contributed by atoms with Gasteiger partial charge in [0.15, 0.2) is 6.33 Å². The van der Waals surface area contributed by atoms with E-state index in [0.717, 1.165) is 44.1 Å². The molecule has 3 atom stereocenters. The summed E-state index contributed by atoms with van der Waals surface area (Å²) >= 11 is 0. The van der Waals surface area contributed by atoms with Gasteiger partial charge < -0.3 is 10.6 Å². The van der Waals surface area contributed by atoms with Gasteiger partial charge >= 0.3 is 6.03 Å². The van der Waals surface area contributed by atoms with E-state index in [9.17, 15) is 4.79 Å². The second kappa shape index (κ2) is 6.57. The highest BCUT2D eigenvalue weighted by molar-refractivity contribution is 5.75. The molecule has 2 amide bonds. The summed E-state index contributed by atoms with van der Waals surface area (Å²) in [4.78, 5) is 14.8. The van der Waals surface area contributed by atoms with Gasteiger partial charge in [-0.1, -0.05) is 37.3 Å². The number of amides is 2. The van der Waals surface area contributed by atoms with Gasteiger partial charge in [-0.2, -0.15) is 4.80 Å². The van der Waals surface area contributed by atoms with Crippen LogP contribution in [0.2, 0.25) is 0 Å². The molecular weight excluding hydrogens is 352 g/mol. The molecular formula is C21H28N6O. The number of nitrogens with zero attached hydrogens (tertiary/aromatic N) is 4. The molecule has 1 heterocycles. The summed E-state index contributed by atoms with van der Waals surface area (Å²) in [7, 11) is 0. The average molecular weight is 380 g/mol. The molecule has 0 radical (unpaired) electrons. The lowest BCUT2D eigenvalue weighted by Gasteiger charge is -2.61. The highest BCUT2D eigenvalue weighted by atomic mass is 16.2. The van der Waals surface area contributed by atoms with E-state index in [4.69, 9.17) is 0 Å². The normalized spacial score (nSPS) is 34.2. The molecule has 0 saturated heterocycles. The molecule has 28 heavy (non-hydrogen) atoms. The Labute approximate surface area is 165 Å². The predicted molar refractivity (Wildman–Crippen MR) is 104 cm³/mol. The van der Waals surface area contributed by atoms with Crippen LogP contribution < -0.4 is 10.6 Å². The maximum Gasteiger partial charge on any atom is 0.315 e. The zero-order valence-electron chi connectivity index (χ0n) is 16.3. The Bertz CT molecular complexity index is 822. The number of rotatable bonds is 5. The van der Waals surface area contributed by atoms with E-state index in [1.165, 1.54) is 12.7 Å². The van der Waals surface area contributed by atoms with Crippen molar-refractivity contribution >= 4 is 6.03 Å². The minimum atomic E-state index is -0.156. The van der Waals surface area contributed by atoms with Gasteiger partial charge in [-0.3, -0.25) is 0 Å². The number of urea groups is 1. The number of nitrogens with one attached hydrogen (secondary N) is 2. The van der Waals surface area contributed by atoms with E-state index in [1.54, 1.807) is 0 Å². The number of aromatic nitrogens is 4. The molecule has 7 nitrogen and oxygen atoms in total. The van der Waals surface area contributed by atoms with Crippen LogP contribution >= 0.6 is 0 Å². The first-order valence-electron chi connectivity index (χ1n) is 10.5. The fraction of sp³-hybridized carbons (Fsp3) is 0.619. The van der Waals surface area contributed by atoms with Gasteiger partial charge in [0.1, 0.15) is 0 Å². The van der Waals surface area contributed by atoms with Crippen molar-refractivity contribution in [1.29, 1.82) is 0 Å². The third-order valence-electron chi connectivity index (χ3n) is 7.10. The van der Waals surface area contributed by atoms with Gasteiger partial charge in [0, 0.05) is 5.54 Å². The summed E-state index contributed by atoms with van der Waals surface area (Å²) in [6.07, 6.45) is 8.89. The second-order valence-corrected chi connectivity index (χ2v) is 9.16. The van der Waals surface area contributed by atoms with Gasteiger partial charge in [0.2, 0.25) is 0 Å². The summed E-state index contributed by atoms with van der Waals surface area (Å²) in [6, 6.07) is 10.2. The minimum Gasteiger partial charge on any atom is -0.333 e. The van der Waals surface area contributed by atoms with E-state index in [-0.39, 0.29) is 23.2 Å². The summed E-state index contributed by atoms with van der Waals surface area (Å²) in [5.74, 6) is 1.26. The lowest BCUT2D eigenvalue weighted by atomic mass is 9.50. The first-order valence-corrected chi connectivity index (χ1v) is 10.5. The standard InChI is InChI=1S/C21H28N6O/c1-2-18(17-6-4-3-5-7-17)24-19(28)25-20-9-15-8-16(10-20)12-21(11-15,13-20)27-23-14-22-26-27/h3-7,14-16,18H,2,8-13H2,1H3,(H2,24,25,28)/t15?,16?,18-,20?,21?/m1/s1. The van der Waals surface area contributed by atoms with Gasteiger partial charge in [-0.15, -0.1) is 10.2 Å². The Kier molecular flexibility index (Phi) is 4.14. The van der Waals surface area contributed by atoms with Crippen molar-refractivity contribution < 1.29 is 4.79 Å². The number of benzene rings is 1. The van der Waals surface area contributed by atoms with Crippen molar-refractivity contribution in [3.05, 3.63) is 42.2 Å². The third kappa shape index (κ3) is 2.97. The van der Waals surface area contributed by atoms with Crippen LogP contribution in [-0.4, -0.2) is 31.8 Å². The molecule has 6 rings (SSSR count). The Balaban J connectivity index is 1.34. The zero-order chi connectivity index (χ0) is 19.2. The first-order chi connectivity index (χ1) is 13.6. The molecule has 4 bridgehead atoms. The molecule has 4 saturated carbocycles. The molecule has 0 spiro atoms. The number of carbonyl (C=O) groups excluding carboxylic acids is 1. The maximum absolute atomic E-state index is 13.0. The molecule has 4 aliphatic carbocycles. The largest absolute Gasteiger partial charge is 0.333 e. The second-order valence-electron chi connectivity index (χ2n) is 9.16. The highest BCUT2D eigenvalue weighted by Crippen LogP contribution is 2.60. The number of carbonyl (C=O) groups is 1. The van der Waals surface area contributed by atoms with Crippen LogP contribution in [0.25, 0.3) is 0 Å². The van der Waals surface area contributed by atoms with Crippen LogP contribution in [0.3, 0.4) is 0 Å². The monoisotopic (exact) mass is 380 g/mol. The Morgan fingerprint density at radius 3 is 2.61 bits per heavy atom. The van der Waals surface area contributed by atoms with Crippen LogP contribution in [0.1, 0.15) is 63.5 Å². The average Bonchev–Trinajstić information content (AvgIpc) is 3.21. The van der Waals surface area contributed by atoms with Gasteiger partial charge in [0.05, 0.1) is 11.6 Å². The van der Waals surface area contributed by atoms with E-state index in [1.807, 2.05) is 23.0 Å². The van der Waals surface area contributed by atoms with Crippen molar-refractivity contribution in [3.63, 3.8) is 0 Å². The van der Waals surface area contributed by atoms with Crippen LogP contribution in [0.15, 0.2) is 36.7 Å². The van der Waals surface area contributed by atoms with Crippen molar-refractivity contribution in [2.45, 2.75) is 69.0 Å². The molecule has 7 heteroatoms. The molecule has 148 valence electrons. The molecule has 1 aromatic heterocycles. The zero-order valence-corrected chi connectivity index (χ0v) is 16.3. The van der Waals surface area contributed by atoms with E-state index >= 15 is 0 Å². The third-order valence-corrected chi connectivity index (χ3v) is 7.10. The topological polar surface area (TPSA) is 84.7 Å². The predicted octanol–water partition coefficient (Wildman–Crippen LogP) is 3.17. The van der Waals surface area contributed by atoms with Gasteiger partial charge in [0.25, 0.3) is 0 Å². The Hall–Kier alpha value is -2.44. The van der Waals surface area contributed by atoms with Crippen molar-refractivity contribution in [2.75, 3.05) is 0 Å². The maximum atomic E-state index is 13.0. The van der Waals surface area contributed by atoms with E-state index < -0.39 is 0 Å². The fourth-order valence-corrected chi connectivity index (χ4v) is 6.52. The molecule has 2 unspecified atom stereocenters. The Morgan fingerprint density at radius 2 is 1.96 bits per heavy atom. The quantitative estimate of drug-likeness (QED) is 0.834. The summed E-state index contributed by atoms with van der Waals surface area (Å²) in [5.41, 5.74) is 0.905. The summed E-state index contributed by atoms with van der Waals surface area (Å²) in [6.45, 7) is 2.11. The van der Waals surface area contributed by atoms with E-state index in [0.29, 0.717) is 11.8 Å². The van der Waals surface area contributed by atoms with Crippen LogP contribution in [0.5, 0.6) is 0 Å². The van der Waals surface area contributed by atoms with Crippen LogP contribution in [0.4, 0.5) is 4.79 Å². The minimum absolute atomic E-state index is 0.0288.